The quantitative estimate of drug-likeness (QED) is 0.191. The SMILES string of the molecule is CCCCCCCCCCCC[C@@H](O[Si](c1ccccc1)(c1ccccc1)C(C)(C)C)[C@H](O)CO. The van der Waals surface area contributed by atoms with E-state index in [0.29, 0.717) is 0 Å². The summed E-state index contributed by atoms with van der Waals surface area (Å²) in [5.41, 5.74) is 0. The minimum absolute atomic E-state index is 0.152. The summed E-state index contributed by atoms with van der Waals surface area (Å²) in [5.74, 6) is 0. The van der Waals surface area contributed by atoms with Crippen LogP contribution in [0.3, 0.4) is 0 Å². The smallest absolute Gasteiger partial charge is 0.261 e. The second-order valence-corrected chi connectivity index (χ2v) is 15.3. The molecular weight excluding hydrogens is 448 g/mol. The van der Waals surface area contributed by atoms with Gasteiger partial charge in [-0.3, -0.25) is 0 Å². The molecule has 3 nitrogen and oxygen atoms in total. The number of benzene rings is 2. The molecular formula is C31H50O3Si. The van der Waals surface area contributed by atoms with Gasteiger partial charge in [-0.25, -0.2) is 0 Å². The second kappa shape index (κ2) is 15.6. The zero-order valence-corrected chi connectivity index (χ0v) is 23.7. The Morgan fingerprint density at radius 1 is 0.714 bits per heavy atom. The Balaban J connectivity index is 2.13. The average molecular weight is 499 g/mol. The van der Waals surface area contributed by atoms with Gasteiger partial charge in [0.25, 0.3) is 8.32 Å². The third-order valence-electron chi connectivity index (χ3n) is 7.20. The van der Waals surface area contributed by atoms with Crippen LogP contribution >= 0.6 is 0 Å². The van der Waals surface area contributed by atoms with Gasteiger partial charge in [-0.05, 0) is 21.8 Å². The summed E-state index contributed by atoms with van der Waals surface area (Å²) in [4.78, 5) is 0. The maximum atomic E-state index is 10.8. The van der Waals surface area contributed by atoms with Crippen LogP contribution in [0.2, 0.25) is 5.04 Å². The first-order valence-corrected chi connectivity index (χ1v) is 15.9. The summed E-state index contributed by atoms with van der Waals surface area (Å²) in [7, 11) is -2.76. The van der Waals surface area contributed by atoms with Gasteiger partial charge in [-0.1, -0.05) is 153 Å². The molecule has 0 aromatic heterocycles. The van der Waals surface area contributed by atoms with E-state index in [2.05, 4.69) is 76.2 Å². The molecule has 0 saturated heterocycles. The first kappa shape index (κ1) is 29.8. The largest absolute Gasteiger partial charge is 0.402 e. The number of hydrogen-bond acceptors (Lipinski definition) is 3. The first-order valence-electron chi connectivity index (χ1n) is 13.9. The molecule has 0 fully saturated rings. The molecule has 0 aliphatic heterocycles. The maximum absolute atomic E-state index is 10.8. The van der Waals surface area contributed by atoms with Crippen LogP contribution in [0.25, 0.3) is 0 Å². The van der Waals surface area contributed by atoms with E-state index in [1.54, 1.807) is 0 Å². The van der Waals surface area contributed by atoms with E-state index in [-0.39, 0.29) is 17.7 Å². The molecule has 0 spiro atoms. The van der Waals surface area contributed by atoms with Gasteiger partial charge in [-0.15, -0.1) is 0 Å². The fourth-order valence-electron chi connectivity index (χ4n) is 5.20. The van der Waals surface area contributed by atoms with Crippen LogP contribution in [0.5, 0.6) is 0 Å². The lowest BCUT2D eigenvalue weighted by atomic mass is 10.0. The lowest BCUT2D eigenvalue weighted by Crippen LogP contribution is -2.68. The van der Waals surface area contributed by atoms with Crippen molar-refractivity contribution in [1.82, 2.24) is 0 Å². The van der Waals surface area contributed by atoms with E-state index in [0.717, 1.165) is 19.3 Å². The average Bonchev–Trinajstić information content (AvgIpc) is 2.87. The van der Waals surface area contributed by atoms with Crippen molar-refractivity contribution < 1.29 is 14.6 Å². The Hall–Kier alpha value is -1.46. The molecule has 0 amide bonds. The third kappa shape index (κ3) is 8.85. The fourth-order valence-corrected chi connectivity index (χ4v) is 9.94. The van der Waals surface area contributed by atoms with Crippen molar-refractivity contribution in [2.75, 3.05) is 6.61 Å². The van der Waals surface area contributed by atoms with E-state index in [1.165, 1.54) is 61.7 Å². The zero-order chi connectivity index (χ0) is 25.6. The van der Waals surface area contributed by atoms with Crippen molar-refractivity contribution in [2.24, 2.45) is 0 Å². The number of hydrogen-bond donors (Lipinski definition) is 2. The third-order valence-corrected chi connectivity index (χ3v) is 12.3. The summed E-state index contributed by atoms with van der Waals surface area (Å²) in [6.07, 6.45) is 12.2. The van der Waals surface area contributed by atoms with Gasteiger partial charge < -0.3 is 14.6 Å². The molecule has 2 aromatic rings. The standard InChI is InChI=1S/C31H50O3Si/c1-5-6-7-8-9-10-11-12-13-20-25-30(29(33)26-32)34-35(31(2,3)4,27-21-16-14-17-22-27)28-23-18-15-19-24-28/h14-19,21-24,29-30,32-33H,5-13,20,25-26H2,1-4H3/t29-,30-/m1/s1. The highest BCUT2D eigenvalue weighted by atomic mass is 28.4. The van der Waals surface area contributed by atoms with Crippen LogP contribution in [-0.4, -0.2) is 37.3 Å². The number of aliphatic hydroxyl groups is 2. The Morgan fingerprint density at radius 3 is 1.54 bits per heavy atom. The maximum Gasteiger partial charge on any atom is 0.261 e. The van der Waals surface area contributed by atoms with Gasteiger partial charge in [0.05, 0.1) is 12.7 Å². The lowest BCUT2D eigenvalue weighted by Gasteiger charge is -2.46. The van der Waals surface area contributed by atoms with Crippen molar-refractivity contribution in [3.05, 3.63) is 60.7 Å². The molecule has 0 bridgehead atoms. The molecule has 0 radical (unpaired) electrons. The van der Waals surface area contributed by atoms with E-state index < -0.39 is 14.4 Å². The highest BCUT2D eigenvalue weighted by molar-refractivity contribution is 6.99. The van der Waals surface area contributed by atoms with Crippen molar-refractivity contribution >= 4 is 18.7 Å². The number of unbranched alkanes of at least 4 members (excludes halogenated alkanes) is 9. The van der Waals surface area contributed by atoms with E-state index >= 15 is 0 Å². The van der Waals surface area contributed by atoms with Gasteiger partial charge in [0, 0.05) is 0 Å². The summed E-state index contributed by atoms with van der Waals surface area (Å²) in [5, 5.41) is 23.0. The van der Waals surface area contributed by atoms with Gasteiger partial charge in [-0.2, -0.15) is 0 Å². The van der Waals surface area contributed by atoms with Crippen molar-refractivity contribution in [3.63, 3.8) is 0 Å². The normalized spacial score (nSPS) is 14.1. The molecule has 0 saturated carbocycles. The number of aliphatic hydroxyl groups excluding tert-OH is 2. The van der Waals surface area contributed by atoms with Crippen LogP contribution in [0.15, 0.2) is 60.7 Å². The molecule has 2 N–H and O–H groups in total. The molecule has 0 unspecified atom stereocenters. The van der Waals surface area contributed by atoms with Crippen molar-refractivity contribution in [1.29, 1.82) is 0 Å². The highest BCUT2D eigenvalue weighted by Crippen LogP contribution is 2.38. The summed E-state index contributed by atoms with van der Waals surface area (Å²) < 4.78 is 7.14. The molecule has 4 heteroatoms. The number of rotatable bonds is 17. The van der Waals surface area contributed by atoms with Gasteiger partial charge in [0.2, 0.25) is 0 Å². The minimum atomic E-state index is -2.76. The lowest BCUT2D eigenvalue weighted by molar-refractivity contribution is -0.0101. The van der Waals surface area contributed by atoms with Crippen LogP contribution in [0.1, 0.15) is 98.3 Å². The molecule has 2 rings (SSSR count). The van der Waals surface area contributed by atoms with E-state index in [4.69, 9.17) is 4.43 Å². The summed E-state index contributed by atoms with van der Waals surface area (Å²) in [6.45, 7) is 8.74. The Labute approximate surface area is 216 Å². The molecule has 0 aliphatic carbocycles. The van der Waals surface area contributed by atoms with Crippen molar-refractivity contribution in [2.45, 2.75) is 116 Å². The van der Waals surface area contributed by atoms with Gasteiger partial charge in [0.1, 0.15) is 6.10 Å². The van der Waals surface area contributed by atoms with Gasteiger partial charge in [0.15, 0.2) is 0 Å². The predicted molar refractivity (Wildman–Crippen MR) is 152 cm³/mol. The molecule has 0 heterocycles. The summed E-state index contributed by atoms with van der Waals surface area (Å²) >= 11 is 0. The Bertz CT molecular complexity index is 748. The summed E-state index contributed by atoms with van der Waals surface area (Å²) in [6, 6.07) is 21.1. The Morgan fingerprint density at radius 2 is 1.14 bits per heavy atom. The topological polar surface area (TPSA) is 49.7 Å². The fraction of sp³-hybridized carbons (Fsp3) is 0.613. The molecule has 196 valence electrons. The second-order valence-electron chi connectivity index (χ2n) is 11.0. The van der Waals surface area contributed by atoms with Crippen molar-refractivity contribution in [3.8, 4) is 0 Å². The van der Waals surface area contributed by atoms with E-state index in [1.807, 2.05) is 12.1 Å². The molecule has 2 atom stereocenters. The Kier molecular flexibility index (Phi) is 13.3. The zero-order valence-electron chi connectivity index (χ0n) is 22.7. The predicted octanol–water partition coefficient (Wildman–Crippen LogP) is 6.60. The molecule has 2 aromatic carbocycles. The monoisotopic (exact) mass is 498 g/mol. The van der Waals surface area contributed by atoms with Crippen LogP contribution in [0.4, 0.5) is 0 Å². The van der Waals surface area contributed by atoms with Gasteiger partial charge >= 0.3 is 0 Å². The van der Waals surface area contributed by atoms with Crippen LogP contribution in [-0.2, 0) is 4.43 Å². The van der Waals surface area contributed by atoms with E-state index in [9.17, 15) is 10.2 Å². The van der Waals surface area contributed by atoms with Crippen LogP contribution in [0, 0.1) is 0 Å². The minimum Gasteiger partial charge on any atom is -0.402 e. The first-order chi connectivity index (χ1) is 16.9. The molecule has 0 aliphatic rings. The highest BCUT2D eigenvalue weighted by Gasteiger charge is 2.51. The van der Waals surface area contributed by atoms with Crippen LogP contribution < -0.4 is 10.4 Å². The molecule has 35 heavy (non-hydrogen) atoms.